The number of nitrogens with one attached hydrogen (secondary N) is 1. The molecule has 74 valence electrons. The number of hydrogen-bond donors (Lipinski definition) is 1. The van der Waals surface area contributed by atoms with E-state index in [1.807, 2.05) is 34.0 Å². The van der Waals surface area contributed by atoms with Crippen molar-refractivity contribution in [1.82, 2.24) is 5.32 Å². The van der Waals surface area contributed by atoms with Crippen LogP contribution >= 0.6 is 0 Å². The van der Waals surface area contributed by atoms with Crippen LogP contribution in [0, 0.1) is 0 Å². The molecule has 0 aromatic heterocycles. The molecule has 2 heteroatoms. The smallest absolute Gasteiger partial charge is 0.0277 e. The molecule has 0 aliphatic carbocycles. The van der Waals surface area contributed by atoms with Crippen LogP contribution in [0.15, 0.2) is 16.6 Å². The molecular formula is C10H24N2. The van der Waals surface area contributed by atoms with E-state index in [4.69, 9.17) is 0 Å². The predicted molar refractivity (Wildman–Crippen MR) is 60.2 cm³/mol. The molecule has 1 N–H and O–H groups in total. The highest BCUT2D eigenvalue weighted by atomic mass is 14.8. The molecular weight excluding hydrogens is 148 g/mol. The third kappa shape index (κ3) is 9.37. The van der Waals surface area contributed by atoms with Gasteiger partial charge < -0.3 is 5.32 Å². The van der Waals surface area contributed by atoms with Crippen molar-refractivity contribution in [3.8, 4) is 0 Å². The van der Waals surface area contributed by atoms with Crippen molar-refractivity contribution < 1.29 is 1.43 Å². The lowest BCUT2D eigenvalue weighted by Crippen LogP contribution is -2.08. The van der Waals surface area contributed by atoms with Gasteiger partial charge in [-0.05, 0) is 32.5 Å². The van der Waals surface area contributed by atoms with Crippen molar-refractivity contribution in [3.05, 3.63) is 11.6 Å². The average Bonchev–Trinajstić information content (AvgIpc) is 2.15. The second-order valence-corrected chi connectivity index (χ2v) is 2.10. The normalized spacial score (nSPS) is 11.2. The molecule has 12 heavy (non-hydrogen) atoms. The minimum atomic E-state index is 0. The van der Waals surface area contributed by atoms with Crippen LogP contribution in [0.5, 0.6) is 0 Å². The van der Waals surface area contributed by atoms with E-state index in [1.165, 1.54) is 5.57 Å². The summed E-state index contributed by atoms with van der Waals surface area (Å²) in [6.07, 6.45) is 5.05. The molecule has 0 rings (SSSR count). The molecule has 0 amide bonds. The highest BCUT2D eigenvalue weighted by molar-refractivity contribution is 5.78. The zero-order valence-corrected chi connectivity index (χ0v) is 9.02. The zero-order valence-electron chi connectivity index (χ0n) is 9.02. The summed E-state index contributed by atoms with van der Waals surface area (Å²) in [6, 6.07) is 0. The van der Waals surface area contributed by atoms with Crippen LogP contribution in [0.3, 0.4) is 0 Å². The van der Waals surface area contributed by atoms with Gasteiger partial charge in [0.05, 0.1) is 0 Å². The summed E-state index contributed by atoms with van der Waals surface area (Å²) in [7, 11) is 3.75. The number of nitrogens with zero attached hydrogens (tertiary/aromatic N) is 1. The maximum absolute atomic E-state index is 3.94. The fraction of sp³-hybridized carbons (Fsp3) is 0.700. The second-order valence-electron chi connectivity index (χ2n) is 2.10. The van der Waals surface area contributed by atoms with Crippen molar-refractivity contribution in [3.63, 3.8) is 0 Å². The van der Waals surface area contributed by atoms with Crippen molar-refractivity contribution in [2.45, 2.75) is 27.2 Å². The highest BCUT2D eigenvalue weighted by Gasteiger charge is 1.88. The molecule has 0 aromatic rings. The van der Waals surface area contributed by atoms with Crippen LogP contribution in [0.4, 0.5) is 0 Å². The summed E-state index contributed by atoms with van der Waals surface area (Å²) in [5, 5.41) is 3.09. The van der Waals surface area contributed by atoms with E-state index in [0.717, 1.165) is 13.0 Å². The van der Waals surface area contributed by atoms with Crippen LogP contribution in [-0.4, -0.2) is 26.9 Å². The van der Waals surface area contributed by atoms with E-state index in [-0.39, 0.29) is 1.43 Å². The van der Waals surface area contributed by atoms with Crippen molar-refractivity contribution in [2.75, 3.05) is 20.6 Å². The molecule has 0 fully saturated rings. The molecule has 0 saturated heterocycles. The van der Waals surface area contributed by atoms with E-state index in [1.54, 1.807) is 7.05 Å². The maximum Gasteiger partial charge on any atom is 0.0277 e. The zero-order chi connectivity index (χ0) is 9.82. The molecule has 0 saturated carbocycles. The topological polar surface area (TPSA) is 24.4 Å². The van der Waals surface area contributed by atoms with Gasteiger partial charge in [-0.15, -0.1) is 0 Å². The number of allylic oxidation sites excluding steroid dienone is 1. The van der Waals surface area contributed by atoms with Gasteiger partial charge in [0.25, 0.3) is 0 Å². The Bertz CT molecular complexity index is 131. The molecule has 0 spiro atoms. The Morgan fingerprint density at radius 2 is 2.08 bits per heavy atom. The largest absolute Gasteiger partial charge is 0.319 e. The standard InChI is InChI=1S/C8H16N2.C2H6.H2/c1-4-8(7-10-3)5-6-9-2;1-2;/h4,7,9H,5-6H2,1-3H3;1-2H3;1H/b8-4-,10-7?;;. The van der Waals surface area contributed by atoms with E-state index in [2.05, 4.69) is 16.4 Å². The van der Waals surface area contributed by atoms with Crippen molar-refractivity contribution >= 4 is 6.21 Å². The molecule has 2 nitrogen and oxygen atoms in total. The fourth-order valence-electron chi connectivity index (χ4n) is 0.719. The Kier molecular flexibility index (Phi) is 15.1. The Labute approximate surface area is 78.3 Å². The summed E-state index contributed by atoms with van der Waals surface area (Å²) in [4.78, 5) is 3.94. The Morgan fingerprint density at radius 1 is 1.50 bits per heavy atom. The second kappa shape index (κ2) is 13.0. The SMILES string of the molecule is C/C=C(\C=NC)CCNC.CC.[HH]. The number of rotatable bonds is 4. The Morgan fingerprint density at radius 3 is 2.42 bits per heavy atom. The third-order valence-electron chi connectivity index (χ3n) is 1.33. The summed E-state index contributed by atoms with van der Waals surface area (Å²) >= 11 is 0. The van der Waals surface area contributed by atoms with Gasteiger partial charge in [0, 0.05) is 14.7 Å². The van der Waals surface area contributed by atoms with Gasteiger partial charge >= 0.3 is 0 Å². The summed E-state index contributed by atoms with van der Waals surface area (Å²) in [5.74, 6) is 0. The highest BCUT2D eigenvalue weighted by Crippen LogP contribution is 1.94. The lowest BCUT2D eigenvalue weighted by atomic mass is 10.2. The molecule has 0 atom stereocenters. The van der Waals surface area contributed by atoms with Gasteiger partial charge in [0.1, 0.15) is 0 Å². The molecule has 0 aliphatic rings. The Hall–Kier alpha value is -0.630. The van der Waals surface area contributed by atoms with Gasteiger partial charge in [0.2, 0.25) is 0 Å². The minimum Gasteiger partial charge on any atom is -0.319 e. The quantitative estimate of drug-likeness (QED) is 0.647. The van der Waals surface area contributed by atoms with Crippen molar-refractivity contribution in [1.29, 1.82) is 0 Å². The van der Waals surface area contributed by atoms with E-state index in [9.17, 15) is 0 Å². The van der Waals surface area contributed by atoms with Crippen molar-refractivity contribution in [2.24, 2.45) is 4.99 Å². The third-order valence-corrected chi connectivity index (χ3v) is 1.33. The fourth-order valence-corrected chi connectivity index (χ4v) is 0.719. The maximum atomic E-state index is 3.94. The van der Waals surface area contributed by atoms with Gasteiger partial charge in [-0.1, -0.05) is 19.9 Å². The number of hydrogen-bond acceptors (Lipinski definition) is 2. The monoisotopic (exact) mass is 172 g/mol. The lowest BCUT2D eigenvalue weighted by Gasteiger charge is -1.98. The van der Waals surface area contributed by atoms with Gasteiger partial charge in [-0.3, -0.25) is 4.99 Å². The molecule has 0 bridgehead atoms. The van der Waals surface area contributed by atoms with E-state index < -0.39 is 0 Å². The molecule has 0 unspecified atom stereocenters. The predicted octanol–water partition coefficient (Wildman–Crippen LogP) is 2.52. The summed E-state index contributed by atoms with van der Waals surface area (Å²) in [5.41, 5.74) is 1.29. The molecule has 0 radical (unpaired) electrons. The molecule has 0 aromatic carbocycles. The summed E-state index contributed by atoms with van der Waals surface area (Å²) < 4.78 is 0. The number of aliphatic imine (C=N–C) groups is 1. The first-order valence-corrected chi connectivity index (χ1v) is 4.57. The lowest BCUT2D eigenvalue weighted by molar-refractivity contribution is 0.798. The van der Waals surface area contributed by atoms with Crippen LogP contribution in [0.1, 0.15) is 28.6 Å². The van der Waals surface area contributed by atoms with E-state index >= 15 is 0 Å². The molecule has 0 aliphatic heterocycles. The minimum absolute atomic E-state index is 0. The summed E-state index contributed by atoms with van der Waals surface area (Å²) in [6.45, 7) is 7.05. The van der Waals surface area contributed by atoms with Crippen LogP contribution in [0.2, 0.25) is 0 Å². The first-order chi connectivity index (χ1) is 5.85. The first kappa shape index (κ1) is 13.9. The first-order valence-electron chi connectivity index (χ1n) is 4.57. The van der Waals surface area contributed by atoms with E-state index in [0.29, 0.717) is 0 Å². The molecule has 0 heterocycles. The average molecular weight is 172 g/mol. The van der Waals surface area contributed by atoms with Gasteiger partial charge in [-0.25, -0.2) is 0 Å². The Balaban J connectivity index is -0.000000309. The van der Waals surface area contributed by atoms with Crippen LogP contribution < -0.4 is 5.32 Å². The van der Waals surface area contributed by atoms with Gasteiger partial charge in [0.15, 0.2) is 0 Å². The van der Waals surface area contributed by atoms with Crippen LogP contribution in [-0.2, 0) is 0 Å². The van der Waals surface area contributed by atoms with Gasteiger partial charge in [-0.2, -0.15) is 0 Å². The van der Waals surface area contributed by atoms with Crippen LogP contribution in [0.25, 0.3) is 0 Å².